The van der Waals surface area contributed by atoms with Crippen LogP contribution in [-0.4, -0.2) is 70.0 Å². The highest BCUT2D eigenvalue weighted by Gasteiger charge is 2.21. The van der Waals surface area contributed by atoms with Crippen molar-refractivity contribution in [2.45, 2.75) is 148 Å². The van der Waals surface area contributed by atoms with Gasteiger partial charge in [-0.3, -0.25) is 14.2 Å². The molecule has 0 saturated heterocycles. The zero-order valence-electron chi connectivity index (χ0n) is 34.6. The first-order valence-electron chi connectivity index (χ1n) is 20.6. The van der Waals surface area contributed by atoms with Gasteiger partial charge in [-0.2, -0.15) is 0 Å². The number of hydrogen-bond acceptors (Lipinski definition) is 8. The summed E-state index contributed by atoms with van der Waals surface area (Å²) >= 11 is 0. The van der Waals surface area contributed by atoms with Gasteiger partial charge in [0.2, 0.25) is 0 Å². The second kappa shape index (κ2) is 36.1. The molecule has 54 heavy (non-hydrogen) atoms. The molecule has 0 radical (unpaired) electrons. The van der Waals surface area contributed by atoms with Crippen LogP contribution in [0.5, 0.6) is 0 Å². The standard InChI is InChI=1S/C44H76NO8P/c1-6-8-10-12-14-16-18-20-21-22-23-25-27-29-31-33-35-37-44(47)53-42(41-52-54(48,49)51-39-38-45(3,4)5)40-50-43(46)36-34-32-30-28-26-24-19-17-15-13-11-9-7-2/h10,12,16,18,21-22,25,27,30-33,42H,6-9,11,13-15,17,19-20,23-24,26,28-29,34-41H2,1-5H3/b12-10-,18-16-,22-21-,27-25-,32-30-,33-31-. The number of phosphoric ester groups is 1. The molecule has 0 aliphatic rings. The van der Waals surface area contributed by atoms with E-state index in [9.17, 15) is 19.0 Å². The molecule has 0 aromatic heterocycles. The fourth-order valence-electron chi connectivity index (χ4n) is 4.95. The summed E-state index contributed by atoms with van der Waals surface area (Å²) in [7, 11) is 1.09. The smallest absolute Gasteiger partial charge is 0.306 e. The summed E-state index contributed by atoms with van der Waals surface area (Å²) in [6, 6.07) is 0. The third kappa shape index (κ3) is 39.2. The number of nitrogens with zero attached hydrogens (tertiary/aromatic N) is 1. The van der Waals surface area contributed by atoms with Crippen LogP contribution in [0.25, 0.3) is 0 Å². The Morgan fingerprint density at radius 3 is 1.57 bits per heavy atom. The van der Waals surface area contributed by atoms with Gasteiger partial charge in [-0.25, -0.2) is 0 Å². The molecule has 0 aromatic carbocycles. The minimum Gasteiger partial charge on any atom is -0.756 e. The van der Waals surface area contributed by atoms with Crippen molar-refractivity contribution in [1.29, 1.82) is 0 Å². The number of carbonyl (C=O) groups is 2. The first kappa shape index (κ1) is 51.5. The van der Waals surface area contributed by atoms with E-state index in [1.165, 1.54) is 57.8 Å². The van der Waals surface area contributed by atoms with Crippen LogP contribution >= 0.6 is 7.82 Å². The number of hydrogen-bond donors (Lipinski definition) is 0. The molecule has 310 valence electrons. The molecule has 2 unspecified atom stereocenters. The van der Waals surface area contributed by atoms with Crippen LogP contribution in [0.4, 0.5) is 0 Å². The highest BCUT2D eigenvalue weighted by Crippen LogP contribution is 2.38. The molecule has 9 nitrogen and oxygen atoms in total. The lowest BCUT2D eigenvalue weighted by molar-refractivity contribution is -0.870. The van der Waals surface area contributed by atoms with Crippen LogP contribution in [0.1, 0.15) is 142 Å². The number of allylic oxidation sites excluding steroid dienone is 12. The van der Waals surface area contributed by atoms with Crippen molar-refractivity contribution < 1.29 is 42.1 Å². The second-order valence-electron chi connectivity index (χ2n) is 14.6. The van der Waals surface area contributed by atoms with Crippen LogP contribution in [0.2, 0.25) is 0 Å². The molecule has 0 aromatic rings. The van der Waals surface area contributed by atoms with E-state index in [0.29, 0.717) is 23.9 Å². The van der Waals surface area contributed by atoms with Gasteiger partial charge in [0.25, 0.3) is 7.82 Å². The van der Waals surface area contributed by atoms with Gasteiger partial charge in [-0.05, 0) is 57.8 Å². The molecule has 0 rings (SSSR count). The first-order valence-corrected chi connectivity index (χ1v) is 22.1. The molecule has 0 N–H and O–H groups in total. The van der Waals surface area contributed by atoms with Crippen molar-refractivity contribution in [2.24, 2.45) is 0 Å². The van der Waals surface area contributed by atoms with Crippen LogP contribution in [0, 0.1) is 0 Å². The van der Waals surface area contributed by atoms with Crippen LogP contribution in [0.3, 0.4) is 0 Å². The largest absolute Gasteiger partial charge is 0.756 e. The van der Waals surface area contributed by atoms with E-state index < -0.39 is 32.5 Å². The number of carbonyl (C=O) groups excluding carboxylic acids is 2. The van der Waals surface area contributed by atoms with Gasteiger partial charge in [0.05, 0.1) is 27.7 Å². The zero-order valence-corrected chi connectivity index (χ0v) is 35.5. The van der Waals surface area contributed by atoms with Gasteiger partial charge in [0, 0.05) is 12.8 Å². The van der Waals surface area contributed by atoms with E-state index in [4.69, 9.17) is 18.5 Å². The molecule has 0 aliphatic heterocycles. The zero-order chi connectivity index (χ0) is 40.0. The highest BCUT2D eigenvalue weighted by molar-refractivity contribution is 7.45. The maximum Gasteiger partial charge on any atom is 0.306 e. The van der Waals surface area contributed by atoms with E-state index in [-0.39, 0.29) is 26.1 Å². The van der Waals surface area contributed by atoms with Crippen molar-refractivity contribution in [1.82, 2.24) is 0 Å². The number of rotatable bonds is 36. The van der Waals surface area contributed by atoms with Gasteiger partial charge in [0.15, 0.2) is 6.10 Å². The predicted molar refractivity (Wildman–Crippen MR) is 222 cm³/mol. The quantitative estimate of drug-likeness (QED) is 0.0203. The molecule has 0 heterocycles. The van der Waals surface area contributed by atoms with E-state index in [0.717, 1.165) is 44.9 Å². The van der Waals surface area contributed by atoms with Gasteiger partial charge in [0.1, 0.15) is 19.8 Å². The summed E-state index contributed by atoms with van der Waals surface area (Å²) in [6.07, 6.45) is 43.9. The van der Waals surface area contributed by atoms with Crippen LogP contribution in [-0.2, 0) is 32.7 Å². The fourth-order valence-corrected chi connectivity index (χ4v) is 5.68. The Labute approximate surface area is 329 Å². The van der Waals surface area contributed by atoms with Crippen molar-refractivity contribution in [2.75, 3.05) is 47.5 Å². The molecule has 0 saturated carbocycles. The molecular formula is C44H76NO8P. The van der Waals surface area contributed by atoms with E-state index in [1.807, 2.05) is 39.4 Å². The maximum absolute atomic E-state index is 12.6. The van der Waals surface area contributed by atoms with Crippen molar-refractivity contribution in [3.8, 4) is 0 Å². The molecule has 10 heteroatoms. The molecule has 0 bridgehead atoms. The second-order valence-corrected chi connectivity index (χ2v) is 16.1. The number of unbranched alkanes of at least 4 members (excludes halogenated alkanes) is 10. The maximum atomic E-state index is 12.6. The SMILES string of the molecule is CCC/C=C\C/C=C\C/C=C\C/C=C\C/C=C\CCC(=O)OC(COC(=O)CC/C=C\CCCCCCCCCCC)COP(=O)([O-])OCC[N+](C)(C)C. The fraction of sp³-hybridized carbons (Fsp3) is 0.682. The third-order valence-electron chi connectivity index (χ3n) is 8.21. The Balaban J connectivity index is 4.59. The average Bonchev–Trinajstić information content (AvgIpc) is 3.12. The number of ether oxygens (including phenoxy) is 2. The monoisotopic (exact) mass is 778 g/mol. The van der Waals surface area contributed by atoms with Crippen LogP contribution < -0.4 is 4.89 Å². The predicted octanol–water partition coefficient (Wildman–Crippen LogP) is 10.8. The average molecular weight is 778 g/mol. The minimum absolute atomic E-state index is 0.0519. The Morgan fingerprint density at radius 2 is 1.04 bits per heavy atom. The van der Waals surface area contributed by atoms with Crippen molar-refractivity contribution in [3.63, 3.8) is 0 Å². The highest BCUT2D eigenvalue weighted by atomic mass is 31.2. The molecular weight excluding hydrogens is 701 g/mol. The minimum atomic E-state index is -4.65. The summed E-state index contributed by atoms with van der Waals surface area (Å²) in [6.45, 7) is 4.00. The van der Waals surface area contributed by atoms with Crippen molar-refractivity contribution >= 4 is 19.8 Å². The number of quaternary nitrogens is 1. The first-order chi connectivity index (χ1) is 26.0. The Morgan fingerprint density at radius 1 is 0.574 bits per heavy atom. The third-order valence-corrected chi connectivity index (χ3v) is 9.17. The van der Waals surface area contributed by atoms with Gasteiger partial charge >= 0.3 is 11.9 Å². The van der Waals surface area contributed by atoms with E-state index >= 15 is 0 Å². The Hall–Kier alpha value is -2.55. The lowest BCUT2D eigenvalue weighted by Gasteiger charge is -2.28. The molecule has 2 atom stereocenters. The summed E-state index contributed by atoms with van der Waals surface area (Å²) in [5.74, 6) is -0.996. The molecule has 0 spiro atoms. The van der Waals surface area contributed by atoms with Gasteiger partial charge in [-0.1, -0.05) is 145 Å². The lowest BCUT2D eigenvalue weighted by atomic mass is 10.1. The Bertz CT molecular complexity index is 1150. The summed E-state index contributed by atoms with van der Waals surface area (Å²) in [5.41, 5.74) is 0. The summed E-state index contributed by atoms with van der Waals surface area (Å²) in [5, 5.41) is 0. The molecule has 0 amide bonds. The number of phosphoric acid groups is 1. The van der Waals surface area contributed by atoms with E-state index in [1.54, 1.807) is 0 Å². The summed E-state index contributed by atoms with van der Waals surface area (Å²) < 4.78 is 33.7. The van der Waals surface area contributed by atoms with Crippen molar-refractivity contribution in [3.05, 3.63) is 72.9 Å². The number of esters is 2. The van der Waals surface area contributed by atoms with Gasteiger partial charge < -0.3 is 27.9 Å². The number of likely N-dealkylation sites (N-methyl/N-ethyl adjacent to an activating group) is 1. The topological polar surface area (TPSA) is 111 Å². The van der Waals surface area contributed by atoms with Crippen LogP contribution in [0.15, 0.2) is 72.9 Å². The normalized spacial score (nSPS) is 14.4. The van der Waals surface area contributed by atoms with E-state index in [2.05, 4.69) is 68.5 Å². The molecule has 0 aliphatic carbocycles. The summed E-state index contributed by atoms with van der Waals surface area (Å²) in [4.78, 5) is 37.4. The lowest BCUT2D eigenvalue weighted by Crippen LogP contribution is -2.37. The Kier molecular flexibility index (Phi) is 34.4. The van der Waals surface area contributed by atoms with Gasteiger partial charge in [-0.15, -0.1) is 0 Å². The molecule has 0 fully saturated rings.